The summed E-state index contributed by atoms with van der Waals surface area (Å²) < 4.78 is 37.5. The Morgan fingerprint density at radius 2 is 1.96 bits per heavy atom. The van der Waals surface area contributed by atoms with Crippen molar-refractivity contribution in [3.05, 3.63) is 65.7 Å². The molecule has 144 valence electrons. The number of hydrogen-bond donors (Lipinski definition) is 0. The lowest BCUT2D eigenvalue weighted by atomic mass is 10.1. The maximum atomic E-state index is 13.5. The monoisotopic (exact) mass is 375 g/mol. The van der Waals surface area contributed by atoms with E-state index in [2.05, 4.69) is 0 Å². The van der Waals surface area contributed by atoms with E-state index in [0.717, 1.165) is 18.4 Å². The fourth-order valence-electron chi connectivity index (χ4n) is 3.09. The highest BCUT2D eigenvalue weighted by Crippen LogP contribution is 2.17. The van der Waals surface area contributed by atoms with E-state index >= 15 is 0 Å². The number of hydrogen-bond acceptors (Lipinski definition) is 3. The van der Waals surface area contributed by atoms with Crippen LogP contribution in [0.3, 0.4) is 0 Å². The minimum Gasteiger partial charge on any atom is -0.493 e. The molecular formula is C21H23F2NO3. The largest absolute Gasteiger partial charge is 0.493 e. The van der Waals surface area contributed by atoms with Crippen LogP contribution in [-0.2, 0) is 16.1 Å². The highest BCUT2D eigenvalue weighted by molar-refractivity contribution is 5.76. The van der Waals surface area contributed by atoms with E-state index in [0.29, 0.717) is 25.4 Å². The molecule has 3 rings (SSSR count). The van der Waals surface area contributed by atoms with Gasteiger partial charge in [-0.3, -0.25) is 4.79 Å². The average molecular weight is 375 g/mol. The normalized spacial score (nSPS) is 16.3. The van der Waals surface area contributed by atoms with Crippen LogP contribution in [0, 0.1) is 11.6 Å². The number of rotatable bonds is 8. The zero-order chi connectivity index (χ0) is 19.1. The van der Waals surface area contributed by atoms with Crippen molar-refractivity contribution in [1.29, 1.82) is 0 Å². The molecule has 1 aliphatic heterocycles. The van der Waals surface area contributed by atoms with Gasteiger partial charge in [0, 0.05) is 19.7 Å². The lowest BCUT2D eigenvalue weighted by Gasteiger charge is -2.26. The smallest absolute Gasteiger partial charge is 0.226 e. The minimum absolute atomic E-state index is 0.0144. The first-order valence-electron chi connectivity index (χ1n) is 9.12. The van der Waals surface area contributed by atoms with Crippen molar-refractivity contribution in [1.82, 2.24) is 4.90 Å². The van der Waals surface area contributed by atoms with Crippen LogP contribution < -0.4 is 4.74 Å². The van der Waals surface area contributed by atoms with Gasteiger partial charge in [-0.25, -0.2) is 8.78 Å². The number of halogens is 2. The Balaban J connectivity index is 1.58. The molecule has 2 aromatic carbocycles. The molecule has 1 amide bonds. The maximum Gasteiger partial charge on any atom is 0.226 e. The summed E-state index contributed by atoms with van der Waals surface area (Å²) in [5, 5.41) is 0. The Hall–Kier alpha value is -2.47. The van der Waals surface area contributed by atoms with Gasteiger partial charge in [-0.05, 0) is 54.8 Å². The summed E-state index contributed by atoms with van der Waals surface area (Å²) in [4.78, 5) is 14.4. The predicted molar refractivity (Wildman–Crippen MR) is 97.3 cm³/mol. The second kappa shape index (κ2) is 9.46. The van der Waals surface area contributed by atoms with Gasteiger partial charge in [-0.2, -0.15) is 0 Å². The zero-order valence-electron chi connectivity index (χ0n) is 15.1. The van der Waals surface area contributed by atoms with Crippen molar-refractivity contribution in [3.8, 4) is 5.75 Å². The Labute approximate surface area is 157 Å². The highest BCUT2D eigenvalue weighted by atomic mass is 19.1. The molecular weight excluding hydrogens is 352 g/mol. The van der Waals surface area contributed by atoms with E-state index in [1.807, 2.05) is 0 Å². The molecule has 1 atom stereocenters. The first kappa shape index (κ1) is 19.3. The van der Waals surface area contributed by atoms with Crippen LogP contribution in [0.15, 0.2) is 48.5 Å². The molecule has 27 heavy (non-hydrogen) atoms. The minimum atomic E-state index is -0.337. The number of carbonyl (C=O) groups is 1. The van der Waals surface area contributed by atoms with Crippen molar-refractivity contribution in [2.24, 2.45) is 0 Å². The van der Waals surface area contributed by atoms with Gasteiger partial charge in [0.25, 0.3) is 0 Å². The highest BCUT2D eigenvalue weighted by Gasteiger charge is 2.23. The second-order valence-electron chi connectivity index (χ2n) is 6.59. The first-order valence-corrected chi connectivity index (χ1v) is 9.12. The zero-order valence-corrected chi connectivity index (χ0v) is 15.1. The summed E-state index contributed by atoms with van der Waals surface area (Å²) in [6.45, 7) is 1.70. The van der Waals surface area contributed by atoms with E-state index in [9.17, 15) is 13.6 Å². The third-order valence-corrected chi connectivity index (χ3v) is 4.46. The van der Waals surface area contributed by atoms with Crippen LogP contribution in [0.1, 0.15) is 24.8 Å². The van der Waals surface area contributed by atoms with Crippen LogP contribution in [0.2, 0.25) is 0 Å². The number of nitrogens with zero attached hydrogens (tertiary/aromatic N) is 1. The fourth-order valence-corrected chi connectivity index (χ4v) is 3.09. The molecule has 0 N–H and O–H groups in total. The van der Waals surface area contributed by atoms with Crippen LogP contribution in [0.25, 0.3) is 0 Å². The molecule has 0 bridgehead atoms. The maximum absolute atomic E-state index is 13.5. The lowest BCUT2D eigenvalue weighted by Crippen LogP contribution is -2.37. The Kier molecular flexibility index (Phi) is 6.76. The molecule has 0 saturated carbocycles. The van der Waals surface area contributed by atoms with Gasteiger partial charge in [-0.15, -0.1) is 0 Å². The van der Waals surface area contributed by atoms with Crippen molar-refractivity contribution in [2.45, 2.75) is 31.9 Å². The van der Waals surface area contributed by atoms with Crippen LogP contribution in [0.5, 0.6) is 5.75 Å². The van der Waals surface area contributed by atoms with Gasteiger partial charge in [0.2, 0.25) is 5.91 Å². The molecule has 6 heteroatoms. The summed E-state index contributed by atoms with van der Waals surface area (Å²) in [6.07, 6.45) is 2.10. The van der Waals surface area contributed by atoms with Crippen LogP contribution in [-0.4, -0.2) is 36.7 Å². The molecule has 0 spiro atoms. The van der Waals surface area contributed by atoms with Crippen molar-refractivity contribution < 1.29 is 23.0 Å². The van der Waals surface area contributed by atoms with E-state index in [1.165, 1.54) is 36.4 Å². The topological polar surface area (TPSA) is 38.8 Å². The number of carbonyl (C=O) groups excluding carboxylic acids is 1. The van der Waals surface area contributed by atoms with E-state index < -0.39 is 0 Å². The average Bonchev–Trinajstić information content (AvgIpc) is 3.16. The molecule has 1 aliphatic rings. The SMILES string of the molecule is O=C(CCOc1ccc(F)cc1)N(Cc1cccc(F)c1)CC1CCCO1. The third-order valence-electron chi connectivity index (χ3n) is 4.46. The summed E-state index contributed by atoms with van der Waals surface area (Å²) in [5.74, 6) is -0.232. The van der Waals surface area contributed by atoms with E-state index in [-0.39, 0.29) is 36.7 Å². The molecule has 4 nitrogen and oxygen atoms in total. The molecule has 0 aromatic heterocycles. The van der Waals surface area contributed by atoms with Gasteiger partial charge in [0.05, 0.1) is 19.1 Å². The Bertz CT molecular complexity index is 745. The van der Waals surface area contributed by atoms with Gasteiger partial charge >= 0.3 is 0 Å². The van der Waals surface area contributed by atoms with Gasteiger partial charge < -0.3 is 14.4 Å². The summed E-state index contributed by atoms with van der Waals surface area (Å²) in [5.41, 5.74) is 0.737. The van der Waals surface area contributed by atoms with Gasteiger partial charge in [-0.1, -0.05) is 12.1 Å². The summed E-state index contributed by atoms with van der Waals surface area (Å²) in [6, 6.07) is 11.9. The number of benzene rings is 2. The molecule has 1 heterocycles. The van der Waals surface area contributed by atoms with E-state index in [4.69, 9.17) is 9.47 Å². The van der Waals surface area contributed by atoms with Gasteiger partial charge in [0.1, 0.15) is 17.4 Å². The van der Waals surface area contributed by atoms with Crippen LogP contribution in [0.4, 0.5) is 8.78 Å². The quantitative estimate of drug-likeness (QED) is 0.702. The molecule has 0 aliphatic carbocycles. The Morgan fingerprint density at radius 3 is 2.67 bits per heavy atom. The molecule has 1 saturated heterocycles. The standard InChI is InChI=1S/C21H23F2NO3/c22-17-6-8-19(9-7-17)27-12-10-21(25)24(15-20-5-2-11-26-20)14-16-3-1-4-18(23)13-16/h1,3-4,6-9,13,20H,2,5,10-12,14-15H2. The summed E-state index contributed by atoms with van der Waals surface area (Å²) >= 11 is 0. The number of ether oxygens (including phenoxy) is 2. The number of amides is 1. The predicted octanol–water partition coefficient (Wildman–Crippen LogP) is 3.94. The molecule has 0 radical (unpaired) electrons. The lowest BCUT2D eigenvalue weighted by molar-refractivity contribution is -0.134. The second-order valence-corrected chi connectivity index (χ2v) is 6.59. The van der Waals surface area contributed by atoms with Crippen molar-refractivity contribution in [2.75, 3.05) is 19.8 Å². The fraction of sp³-hybridized carbons (Fsp3) is 0.381. The first-order chi connectivity index (χ1) is 13.1. The third kappa shape index (κ3) is 6.03. The molecule has 2 aromatic rings. The summed E-state index contributed by atoms with van der Waals surface area (Å²) in [7, 11) is 0. The van der Waals surface area contributed by atoms with Crippen molar-refractivity contribution in [3.63, 3.8) is 0 Å². The van der Waals surface area contributed by atoms with Crippen LogP contribution >= 0.6 is 0 Å². The Morgan fingerprint density at radius 1 is 1.15 bits per heavy atom. The molecule has 1 unspecified atom stereocenters. The molecule has 1 fully saturated rings. The van der Waals surface area contributed by atoms with Gasteiger partial charge in [0.15, 0.2) is 0 Å². The van der Waals surface area contributed by atoms with E-state index in [1.54, 1.807) is 17.0 Å². The van der Waals surface area contributed by atoms with Crippen molar-refractivity contribution >= 4 is 5.91 Å².